The molecule has 0 unspecified atom stereocenters. The maximum Gasteiger partial charge on any atom is 0.256 e. The summed E-state index contributed by atoms with van der Waals surface area (Å²) in [5.74, 6) is -0.884. The van der Waals surface area contributed by atoms with Crippen LogP contribution in [0, 0.1) is 12.7 Å². The first-order valence-corrected chi connectivity index (χ1v) is 5.82. The number of nitrogens with two attached hydrogens (primary N) is 1. The highest BCUT2D eigenvalue weighted by Crippen LogP contribution is 2.18. The molecule has 4 heteroatoms. The quantitative estimate of drug-likeness (QED) is 0.888. The summed E-state index contributed by atoms with van der Waals surface area (Å²) < 4.78 is 13.6. The van der Waals surface area contributed by atoms with Gasteiger partial charge in [0.25, 0.3) is 5.91 Å². The van der Waals surface area contributed by atoms with E-state index in [1.54, 1.807) is 30.3 Å². The van der Waals surface area contributed by atoms with Crippen molar-refractivity contribution in [3.05, 3.63) is 71.9 Å². The third-order valence-corrected chi connectivity index (χ3v) is 2.78. The minimum atomic E-state index is -0.493. The van der Waals surface area contributed by atoms with E-state index in [4.69, 9.17) is 5.73 Å². The molecule has 3 N–H and O–H groups in total. The standard InChI is InChI=1S/C15H14FN2O/c1-10-4-2-3-5-12(10)15(19)18-14-8-11(9-17)6-7-13(14)16/h2-8H,1,9,17H2,(H,18,19). The van der Waals surface area contributed by atoms with Gasteiger partial charge in [-0.05, 0) is 36.2 Å². The summed E-state index contributed by atoms with van der Waals surface area (Å²) in [4.78, 5) is 12.0. The average Bonchev–Trinajstić information content (AvgIpc) is 2.41. The van der Waals surface area contributed by atoms with Crippen molar-refractivity contribution in [2.24, 2.45) is 5.73 Å². The zero-order valence-corrected chi connectivity index (χ0v) is 10.3. The molecule has 1 amide bonds. The van der Waals surface area contributed by atoms with Crippen LogP contribution < -0.4 is 11.1 Å². The number of nitrogens with one attached hydrogen (secondary N) is 1. The molecule has 2 rings (SSSR count). The Morgan fingerprint density at radius 3 is 2.68 bits per heavy atom. The van der Waals surface area contributed by atoms with Gasteiger partial charge >= 0.3 is 0 Å². The van der Waals surface area contributed by atoms with Gasteiger partial charge < -0.3 is 11.1 Å². The smallest absolute Gasteiger partial charge is 0.256 e. The van der Waals surface area contributed by atoms with E-state index < -0.39 is 11.7 Å². The van der Waals surface area contributed by atoms with Gasteiger partial charge in [0.1, 0.15) is 5.82 Å². The summed E-state index contributed by atoms with van der Waals surface area (Å²) in [5, 5.41) is 2.53. The molecule has 0 aliphatic carbocycles. The highest BCUT2D eigenvalue weighted by molar-refractivity contribution is 6.05. The number of carbonyl (C=O) groups is 1. The van der Waals surface area contributed by atoms with Crippen LogP contribution in [0.15, 0.2) is 42.5 Å². The number of anilines is 1. The van der Waals surface area contributed by atoms with E-state index in [1.165, 1.54) is 12.1 Å². The fourth-order valence-electron chi connectivity index (χ4n) is 1.73. The lowest BCUT2D eigenvalue weighted by atomic mass is 10.1. The topological polar surface area (TPSA) is 55.1 Å². The number of amides is 1. The molecule has 0 heterocycles. The molecule has 0 aromatic heterocycles. The predicted molar refractivity (Wildman–Crippen MR) is 73.1 cm³/mol. The van der Waals surface area contributed by atoms with Gasteiger partial charge in [0.05, 0.1) is 5.69 Å². The Labute approximate surface area is 111 Å². The lowest BCUT2D eigenvalue weighted by Crippen LogP contribution is -2.14. The van der Waals surface area contributed by atoms with Gasteiger partial charge in [-0.2, -0.15) is 0 Å². The van der Waals surface area contributed by atoms with Crippen molar-refractivity contribution in [1.82, 2.24) is 0 Å². The van der Waals surface area contributed by atoms with E-state index >= 15 is 0 Å². The summed E-state index contributed by atoms with van der Waals surface area (Å²) in [6.07, 6.45) is 0. The van der Waals surface area contributed by atoms with E-state index in [0.29, 0.717) is 11.1 Å². The van der Waals surface area contributed by atoms with Crippen LogP contribution in [0.2, 0.25) is 0 Å². The molecule has 0 saturated carbocycles. The third kappa shape index (κ3) is 2.98. The first kappa shape index (κ1) is 13.2. The van der Waals surface area contributed by atoms with E-state index in [2.05, 4.69) is 12.2 Å². The molecule has 97 valence electrons. The number of benzene rings is 2. The van der Waals surface area contributed by atoms with E-state index in [-0.39, 0.29) is 12.2 Å². The monoisotopic (exact) mass is 257 g/mol. The van der Waals surface area contributed by atoms with Crippen molar-refractivity contribution in [2.75, 3.05) is 5.32 Å². The Balaban J connectivity index is 2.26. The van der Waals surface area contributed by atoms with E-state index in [9.17, 15) is 9.18 Å². The Morgan fingerprint density at radius 1 is 1.26 bits per heavy atom. The first-order chi connectivity index (χ1) is 9.11. The maximum atomic E-state index is 13.6. The molecule has 0 saturated heterocycles. The molecule has 0 bridgehead atoms. The van der Waals surface area contributed by atoms with Gasteiger partial charge in [-0.15, -0.1) is 0 Å². The Bertz CT molecular complexity index is 611. The minimum Gasteiger partial charge on any atom is -0.326 e. The molecule has 2 aromatic rings. The Morgan fingerprint density at radius 2 is 2.00 bits per heavy atom. The van der Waals surface area contributed by atoms with Crippen LogP contribution in [0.5, 0.6) is 0 Å². The van der Waals surface area contributed by atoms with Gasteiger partial charge in [0, 0.05) is 12.1 Å². The molecule has 0 atom stereocenters. The predicted octanol–water partition coefficient (Wildman–Crippen LogP) is 2.72. The molecule has 19 heavy (non-hydrogen) atoms. The SMILES string of the molecule is [CH2]c1ccccc1C(=O)Nc1cc(CN)ccc1F. The summed E-state index contributed by atoms with van der Waals surface area (Å²) in [6.45, 7) is 4.05. The van der Waals surface area contributed by atoms with Crippen molar-refractivity contribution < 1.29 is 9.18 Å². The van der Waals surface area contributed by atoms with Crippen LogP contribution in [0.25, 0.3) is 0 Å². The zero-order valence-electron chi connectivity index (χ0n) is 10.3. The summed E-state index contributed by atoms with van der Waals surface area (Å²) in [6, 6.07) is 11.3. The van der Waals surface area contributed by atoms with Crippen LogP contribution in [0.1, 0.15) is 21.5 Å². The van der Waals surface area contributed by atoms with Gasteiger partial charge in [-0.3, -0.25) is 4.79 Å². The molecule has 0 fully saturated rings. The highest BCUT2D eigenvalue weighted by Gasteiger charge is 2.11. The average molecular weight is 257 g/mol. The highest BCUT2D eigenvalue weighted by atomic mass is 19.1. The molecule has 0 aliphatic rings. The molecule has 1 radical (unpaired) electrons. The molecular weight excluding hydrogens is 243 g/mol. The molecule has 0 aliphatic heterocycles. The summed E-state index contributed by atoms with van der Waals surface area (Å²) in [5.41, 5.74) is 7.37. The number of carbonyl (C=O) groups excluding carboxylic acids is 1. The second kappa shape index (κ2) is 5.63. The lowest BCUT2D eigenvalue weighted by molar-refractivity contribution is 0.102. The van der Waals surface area contributed by atoms with Gasteiger partial charge in [-0.25, -0.2) is 4.39 Å². The van der Waals surface area contributed by atoms with Crippen LogP contribution in [0.3, 0.4) is 0 Å². The van der Waals surface area contributed by atoms with Crippen molar-refractivity contribution in [2.45, 2.75) is 6.54 Å². The van der Waals surface area contributed by atoms with Crippen LogP contribution in [0.4, 0.5) is 10.1 Å². The molecule has 0 spiro atoms. The fourth-order valence-corrected chi connectivity index (χ4v) is 1.73. The minimum absolute atomic E-state index is 0.121. The van der Waals surface area contributed by atoms with Crippen molar-refractivity contribution in [3.8, 4) is 0 Å². The number of hydrogen-bond acceptors (Lipinski definition) is 2. The van der Waals surface area contributed by atoms with Crippen molar-refractivity contribution in [1.29, 1.82) is 0 Å². The second-order valence-corrected chi connectivity index (χ2v) is 4.13. The number of rotatable bonds is 3. The van der Waals surface area contributed by atoms with Crippen LogP contribution in [-0.2, 0) is 6.54 Å². The molecule has 3 nitrogen and oxygen atoms in total. The largest absolute Gasteiger partial charge is 0.326 e. The van der Waals surface area contributed by atoms with Crippen molar-refractivity contribution >= 4 is 11.6 Å². The molecule has 2 aromatic carbocycles. The van der Waals surface area contributed by atoms with E-state index in [1.807, 2.05) is 0 Å². The number of halogens is 1. The first-order valence-electron chi connectivity index (χ1n) is 5.82. The number of hydrogen-bond donors (Lipinski definition) is 2. The lowest BCUT2D eigenvalue weighted by Gasteiger charge is -2.09. The second-order valence-electron chi connectivity index (χ2n) is 4.13. The van der Waals surface area contributed by atoms with Crippen LogP contribution in [-0.4, -0.2) is 5.91 Å². The van der Waals surface area contributed by atoms with Gasteiger partial charge in [-0.1, -0.05) is 24.3 Å². The third-order valence-electron chi connectivity index (χ3n) is 2.78. The van der Waals surface area contributed by atoms with E-state index in [0.717, 1.165) is 5.56 Å². The van der Waals surface area contributed by atoms with Crippen molar-refractivity contribution in [3.63, 3.8) is 0 Å². The zero-order chi connectivity index (χ0) is 13.8. The maximum absolute atomic E-state index is 13.6. The normalized spacial score (nSPS) is 10.3. The molecular formula is C15H14FN2O. The fraction of sp³-hybridized carbons (Fsp3) is 0.0667. The summed E-state index contributed by atoms with van der Waals surface area (Å²) >= 11 is 0. The van der Waals surface area contributed by atoms with Crippen LogP contribution >= 0.6 is 0 Å². The summed E-state index contributed by atoms with van der Waals surface area (Å²) in [7, 11) is 0. The Kier molecular flexibility index (Phi) is 3.92. The van der Waals surface area contributed by atoms with Gasteiger partial charge in [0.15, 0.2) is 0 Å². The Hall–Kier alpha value is -2.20. The van der Waals surface area contributed by atoms with Gasteiger partial charge in [0.2, 0.25) is 0 Å².